The summed E-state index contributed by atoms with van der Waals surface area (Å²) in [5.74, 6) is -0.218. The highest BCUT2D eigenvalue weighted by atomic mass is 32.2. The maximum atomic E-state index is 13.8. The maximum absolute atomic E-state index is 13.8. The fraction of sp³-hybridized carbons (Fsp3) is 0.310. The number of ether oxygens (including phenoxy) is 1. The van der Waals surface area contributed by atoms with E-state index in [1.165, 1.54) is 27.8 Å². The summed E-state index contributed by atoms with van der Waals surface area (Å²) in [5.41, 5.74) is 5.29. The van der Waals surface area contributed by atoms with Crippen molar-refractivity contribution in [3.8, 4) is 0 Å². The summed E-state index contributed by atoms with van der Waals surface area (Å²) in [6, 6.07) is 18.0. The Balaban J connectivity index is 1.31. The number of amides is 1. The first-order valence-electron chi connectivity index (χ1n) is 12.8. The summed E-state index contributed by atoms with van der Waals surface area (Å²) in [4.78, 5) is 20.5. The van der Waals surface area contributed by atoms with E-state index in [4.69, 9.17) is 9.72 Å². The number of benzene rings is 3. The van der Waals surface area contributed by atoms with E-state index in [1.54, 1.807) is 17.0 Å². The Hall–Kier alpha value is -3.27. The second kappa shape index (κ2) is 9.80. The van der Waals surface area contributed by atoms with Crippen molar-refractivity contribution < 1.29 is 17.9 Å². The molecule has 1 fully saturated rings. The first kappa shape index (κ1) is 25.0. The third-order valence-corrected chi connectivity index (χ3v) is 10.3. The van der Waals surface area contributed by atoms with Crippen LogP contribution in [0.5, 0.6) is 0 Å². The number of aryl methyl sites for hydroxylation is 2. The van der Waals surface area contributed by atoms with Gasteiger partial charge in [0.05, 0.1) is 33.4 Å². The lowest BCUT2D eigenvalue weighted by molar-refractivity contribution is 0.0917. The number of hydrogen-bond acceptors (Lipinski definition) is 6. The second-order valence-electron chi connectivity index (χ2n) is 9.96. The Morgan fingerprint density at radius 3 is 2.68 bits per heavy atom. The Morgan fingerprint density at radius 2 is 1.92 bits per heavy atom. The number of fused-ring (bicyclic) bond motifs is 2. The van der Waals surface area contributed by atoms with Crippen molar-refractivity contribution in [2.75, 3.05) is 28.9 Å². The molecule has 2 aliphatic rings. The van der Waals surface area contributed by atoms with E-state index in [9.17, 15) is 13.2 Å². The second-order valence-corrected chi connectivity index (χ2v) is 12.8. The van der Waals surface area contributed by atoms with E-state index in [0.717, 1.165) is 45.4 Å². The summed E-state index contributed by atoms with van der Waals surface area (Å²) in [6.07, 6.45) is 2.49. The highest BCUT2D eigenvalue weighted by Crippen LogP contribution is 2.35. The van der Waals surface area contributed by atoms with Gasteiger partial charge in [0.1, 0.15) is 0 Å². The largest absolute Gasteiger partial charge is 0.376 e. The molecular weight excluding hydrogens is 518 g/mol. The number of hydrogen-bond donors (Lipinski definition) is 0. The number of thiazole rings is 1. The van der Waals surface area contributed by atoms with Crippen LogP contribution >= 0.6 is 11.3 Å². The highest BCUT2D eigenvalue weighted by molar-refractivity contribution is 7.92. The zero-order chi connectivity index (χ0) is 26.4. The molecule has 1 aromatic heterocycles. The maximum Gasteiger partial charge on any atom is 0.264 e. The molecule has 0 aliphatic carbocycles. The van der Waals surface area contributed by atoms with Crippen molar-refractivity contribution >= 4 is 48.3 Å². The summed E-state index contributed by atoms with van der Waals surface area (Å²) in [6.45, 7) is 5.60. The molecule has 9 heteroatoms. The first-order chi connectivity index (χ1) is 18.3. The topological polar surface area (TPSA) is 79.8 Å². The SMILES string of the molecule is Cc1cc(C)c2sc(N(CC3CCCO3)C(=O)c3ccc(S(=O)(=O)N4CCc5ccccc54)cc3)nc2c1. The summed E-state index contributed by atoms with van der Waals surface area (Å²) in [7, 11) is -3.73. The van der Waals surface area contributed by atoms with E-state index in [0.29, 0.717) is 36.8 Å². The number of nitrogens with zero attached hydrogens (tertiary/aromatic N) is 3. The van der Waals surface area contributed by atoms with Gasteiger partial charge < -0.3 is 4.74 Å². The standard InChI is InChI=1S/C29H29N3O4S2/c1-19-16-20(2)27-25(17-19)30-29(37-27)31(18-23-7-5-15-36-23)28(33)22-9-11-24(12-10-22)38(34,35)32-14-13-21-6-3-4-8-26(21)32/h3-4,6,8-12,16-17,23H,5,7,13-15,18H2,1-2H3. The minimum atomic E-state index is -3.73. The van der Waals surface area contributed by atoms with Gasteiger partial charge in [-0.15, -0.1) is 0 Å². The molecule has 0 bridgehead atoms. The van der Waals surface area contributed by atoms with Crippen molar-refractivity contribution in [2.45, 2.75) is 44.1 Å². The Morgan fingerprint density at radius 1 is 1.13 bits per heavy atom. The van der Waals surface area contributed by atoms with Crippen LogP contribution in [0.3, 0.4) is 0 Å². The number of para-hydroxylation sites is 1. The molecule has 7 nitrogen and oxygen atoms in total. The normalized spacial score (nSPS) is 17.2. The average molecular weight is 548 g/mol. The van der Waals surface area contributed by atoms with Crippen LogP contribution < -0.4 is 9.21 Å². The summed E-state index contributed by atoms with van der Waals surface area (Å²) in [5, 5.41) is 0.625. The van der Waals surface area contributed by atoms with Crippen molar-refractivity contribution in [1.29, 1.82) is 0 Å². The molecule has 196 valence electrons. The minimum absolute atomic E-state index is 0.0521. The van der Waals surface area contributed by atoms with Crippen molar-refractivity contribution in [3.05, 3.63) is 82.9 Å². The number of carbonyl (C=O) groups is 1. The molecule has 0 saturated carbocycles. The molecule has 1 atom stereocenters. The van der Waals surface area contributed by atoms with E-state index < -0.39 is 10.0 Å². The van der Waals surface area contributed by atoms with Gasteiger partial charge in [-0.2, -0.15) is 0 Å². The molecule has 1 amide bonds. The van der Waals surface area contributed by atoms with Gasteiger partial charge in [0.15, 0.2) is 5.13 Å². The van der Waals surface area contributed by atoms with Crippen LogP contribution in [0.1, 0.15) is 39.9 Å². The number of anilines is 2. The van der Waals surface area contributed by atoms with E-state index in [-0.39, 0.29) is 16.9 Å². The number of rotatable bonds is 6. The fourth-order valence-corrected chi connectivity index (χ4v) is 7.86. The average Bonchev–Trinajstić information content (AvgIpc) is 3.66. The third-order valence-electron chi connectivity index (χ3n) is 7.23. The molecule has 1 saturated heterocycles. The lowest BCUT2D eigenvalue weighted by Gasteiger charge is -2.23. The summed E-state index contributed by atoms with van der Waals surface area (Å²) >= 11 is 1.50. The van der Waals surface area contributed by atoms with Crippen molar-refractivity contribution in [3.63, 3.8) is 0 Å². The molecule has 1 unspecified atom stereocenters. The molecule has 3 heterocycles. The van der Waals surface area contributed by atoms with Crippen LogP contribution in [-0.4, -0.2) is 45.1 Å². The van der Waals surface area contributed by atoms with Crippen LogP contribution in [0.4, 0.5) is 10.8 Å². The molecule has 0 radical (unpaired) electrons. The molecule has 0 spiro atoms. The van der Waals surface area contributed by atoms with Gasteiger partial charge in [-0.3, -0.25) is 14.0 Å². The number of sulfonamides is 1. The number of carbonyl (C=O) groups excluding carboxylic acids is 1. The summed E-state index contributed by atoms with van der Waals surface area (Å²) < 4.78 is 35.2. The van der Waals surface area contributed by atoms with Gasteiger partial charge in [-0.05, 0) is 86.2 Å². The van der Waals surface area contributed by atoms with Gasteiger partial charge in [0, 0.05) is 18.7 Å². The molecule has 6 rings (SSSR count). The minimum Gasteiger partial charge on any atom is -0.376 e. The highest BCUT2D eigenvalue weighted by Gasteiger charge is 2.31. The van der Waals surface area contributed by atoms with Gasteiger partial charge >= 0.3 is 0 Å². The smallest absolute Gasteiger partial charge is 0.264 e. The van der Waals surface area contributed by atoms with E-state index in [2.05, 4.69) is 13.0 Å². The third kappa shape index (κ3) is 4.48. The van der Waals surface area contributed by atoms with Gasteiger partial charge in [-0.25, -0.2) is 13.4 Å². The molecule has 2 aliphatic heterocycles. The number of aromatic nitrogens is 1. The van der Waals surface area contributed by atoms with Crippen LogP contribution in [0, 0.1) is 13.8 Å². The van der Waals surface area contributed by atoms with Gasteiger partial charge in [-0.1, -0.05) is 35.6 Å². The quantitative estimate of drug-likeness (QED) is 0.319. The Bertz CT molecular complexity index is 1620. The molecule has 3 aromatic carbocycles. The lowest BCUT2D eigenvalue weighted by atomic mass is 10.1. The zero-order valence-corrected chi connectivity index (χ0v) is 23.0. The monoisotopic (exact) mass is 547 g/mol. The first-order valence-corrected chi connectivity index (χ1v) is 15.1. The van der Waals surface area contributed by atoms with Gasteiger partial charge in [0.2, 0.25) is 0 Å². The zero-order valence-electron chi connectivity index (χ0n) is 21.4. The van der Waals surface area contributed by atoms with E-state index >= 15 is 0 Å². The Labute approximate surface area is 226 Å². The molecule has 4 aromatic rings. The van der Waals surface area contributed by atoms with Crippen LogP contribution in [0.25, 0.3) is 10.2 Å². The molecule has 0 N–H and O–H groups in total. The van der Waals surface area contributed by atoms with Crippen molar-refractivity contribution in [1.82, 2.24) is 4.98 Å². The van der Waals surface area contributed by atoms with E-state index in [1.807, 2.05) is 37.3 Å². The van der Waals surface area contributed by atoms with Gasteiger partial charge in [0.25, 0.3) is 15.9 Å². The predicted octanol–water partition coefficient (Wildman–Crippen LogP) is 5.49. The van der Waals surface area contributed by atoms with Crippen LogP contribution in [0.15, 0.2) is 65.6 Å². The van der Waals surface area contributed by atoms with Crippen LogP contribution in [0.2, 0.25) is 0 Å². The van der Waals surface area contributed by atoms with Crippen LogP contribution in [-0.2, 0) is 21.2 Å². The molecule has 38 heavy (non-hydrogen) atoms. The molecular formula is C29H29N3O4S2. The lowest BCUT2D eigenvalue weighted by Crippen LogP contribution is -2.37. The van der Waals surface area contributed by atoms with Crippen molar-refractivity contribution in [2.24, 2.45) is 0 Å². The predicted molar refractivity (Wildman–Crippen MR) is 151 cm³/mol. The Kier molecular flexibility index (Phi) is 6.45. The fourth-order valence-electron chi connectivity index (χ4n) is 5.33.